The molecule has 0 bridgehead atoms. The fraction of sp³-hybridized carbons (Fsp3) is 0.333. The number of rotatable bonds is 5. The second kappa shape index (κ2) is 6.81. The summed E-state index contributed by atoms with van der Waals surface area (Å²) < 4.78 is 41.3. The van der Waals surface area contributed by atoms with Crippen LogP contribution < -0.4 is 9.62 Å². The lowest BCUT2D eigenvalue weighted by atomic mass is 10.1. The molecule has 0 amide bonds. The summed E-state index contributed by atoms with van der Waals surface area (Å²) in [5.74, 6) is -0.737. The first kappa shape index (κ1) is 16.8. The predicted octanol–water partition coefficient (Wildman–Crippen LogP) is 3.68. The Morgan fingerprint density at radius 2 is 1.83 bits per heavy atom. The zero-order chi connectivity index (χ0) is 17.2. The van der Waals surface area contributed by atoms with E-state index in [0.29, 0.717) is 5.56 Å². The highest BCUT2D eigenvalue weighted by Gasteiger charge is 2.18. The van der Waals surface area contributed by atoms with Gasteiger partial charge in [0.15, 0.2) is 0 Å². The molecule has 3 rings (SSSR count). The second-order valence-corrected chi connectivity index (χ2v) is 7.87. The molecule has 2 aromatic rings. The molecular formula is C18H21FN2O2S. The van der Waals surface area contributed by atoms with Gasteiger partial charge in [-0.25, -0.2) is 12.8 Å². The maximum Gasteiger partial charge on any atom is 0.237 e. The van der Waals surface area contributed by atoms with E-state index in [-0.39, 0.29) is 11.4 Å². The van der Waals surface area contributed by atoms with Gasteiger partial charge in [0.05, 0.1) is 11.4 Å². The molecule has 0 unspecified atom stereocenters. The van der Waals surface area contributed by atoms with Gasteiger partial charge in [0.25, 0.3) is 0 Å². The highest BCUT2D eigenvalue weighted by Crippen LogP contribution is 2.27. The minimum Gasteiger partial charge on any atom is -0.371 e. The van der Waals surface area contributed by atoms with Crippen LogP contribution in [0.2, 0.25) is 0 Å². The standard InChI is InChI=1S/C18H21FN2O2S/c1-14-6-2-3-7-15(14)13-24(22,23)20-18-12-16(8-9-17(18)19)21-10-4-5-11-21/h2-3,6-9,12,20H,4-5,10-11,13H2,1H3. The summed E-state index contributed by atoms with van der Waals surface area (Å²) in [6.45, 7) is 3.70. The molecule has 0 spiro atoms. The van der Waals surface area contributed by atoms with Crippen molar-refractivity contribution in [3.63, 3.8) is 0 Å². The molecule has 1 aliphatic rings. The normalized spacial score (nSPS) is 14.8. The first-order valence-electron chi connectivity index (χ1n) is 8.04. The van der Waals surface area contributed by atoms with E-state index in [9.17, 15) is 12.8 Å². The van der Waals surface area contributed by atoms with Crippen molar-refractivity contribution < 1.29 is 12.8 Å². The van der Waals surface area contributed by atoms with Gasteiger partial charge in [0.2, 0.25) is 10.0 Å². The zero-order valence-corrected chi connectivity index (χ0v) is 14.4. The summed E-state index contributed by atoms with van der Waals surface area (Å²) >= 11 is 0. The molecular weight excluding hydrogens is 327 g/mol. The number of halogens is 1. The average Bonchev–Trinajstić information content (AvgIpc) is 3.06. The summed E-state index contributed by atoms with van der Waals surface area (Å²) in [6.07, 6.45) is 2.21. The van der Waals surface area contributed by atoms with Crippen LogP contribution in [0.25, 0.3) is 0 Å². The summed E-state index contributed by atoms with van der Waals surface area (Å²) in [5, 5.41) is 0. The molecule has 1 saturated heterocycles. The predicted molar refractivity (Wildman–Crippen MR) is 95.3 cm³/mol. The third kappa shape index (κ3) is 3.87. The largest absolute Gasteiger partial charge is 0.371 e. The van der Waals surface area contributed by atoms with Gasteiger partial charge >= 0.3 is 0 Å². The van der Waals surface area contributed by atoms with Crippen molar-refractivity contribution in [3.05, 3.63) is 59.4 Å². The molecule has 128 valence electrons. The monoisotopic (exact) mass is 348 g/mol. The lowest BCUT2D eigenvalue weighted by Crippen LogP contribution is -2.19. The molecule has 0 aliphatic carbocycles. The SMILES string of the molecule is Cc1ccccc1CS(=O)(=O)Nc1cc(N2CCCC2)ccc1F. The van der Waals surface area contributed by atoms with Crippen LogP contribution in [0.5, 0.6) is 0 Å². The smallest absolute Gasteiger partial charge is 0.237 e. The fourth-order valence-electron chi connectivity index (χ4n) is 2.94. The minimum atomic E-state index is -3.68. The third-order valence-corrected chi connectivity index (χ3v) is 5.52. The van der Waals surface area contributed by atoms with Crippen molar-refractivity contribution in [3.8, 4) is 0 Å². The first-order valence-corrected chi connectivity index (χ1v) is 9.69. The Hall–Kier alpha value is -2.08. The molecule has 2 aromatic carbocycles. The van der Waals surface area contributed by atoms with Crippen LogP contribution >= 0.6 is 0 Å². The van der Waals surface area contributed by atoms with E-state index < -0.39 is 15.8 Å². The van der Waals surface area contributed by atoms with E-state index in [2.05, 4.69) is 9.62 Å². The van der Waals surface area contributed by atoms with Crippen LogP contribution in [0.3, 0.4) is 0 Å². The van der Waals surface area contributed by atoms with Crippen molar-refractivity contribution in [2.75, 3.05) is 22.7 Å². The van der Waals surface area contributed by atoms with Gasteiger partial charge in [-0.3, -0.25) is 4.72 Å². The molecule has 0 atom stereocenters. The summed E-state index contributed by atoms with van der Waals surface area (Å²) in [5.41, 5.74) is 2.46. The lowest BCUT2D eigenvalue weighted by molar-refractivity contribution is 0.597. The lowest BCUT2D eigenvalue weighted by Gasteiger charge is -2.19. The topological polar surface area (TPSA) is 49.4 Å². The van der Waals surface area contributed by atoms with Gasteiger partial charge in [-0.2, -0.15) is 0 Å². The van der Waals surface area contributed by atoms with Gasteiger partial charge in [-0.1, -0.05) is 24.3 Å². The first-order chi connectivity index (χ1) is 11.4. The van der Waals surface area contributed by atoms with E-state index >= 15 is 0 Å². The van der Waals surface area contributed by atoms with Crippen LogP contribution in [0, 0.1) is 12.7 Å². The molecule has 0 radical (unpaired) electrons. The number of hydrogen-bond acceptors (Lipinski definition) is 3. The van der Waals surface area contributed by atoms with E-state index in [0.717, 1.165) is 37.2 Å². The Labute approximate surface area is 142 Å². The van der Waals surface area contributed by atoms with Gasteiger partial charge in [0.1, 0.15) is 5.82 Å². The Morgan fingerprint density at radius 1 is 1.12 bits per heavy atom. The van der Waals surface area contributed by atoms with Crippen LogP contribution in [-0.4, -0.2) is 21.5 Å². The van der Waals surface area contributed by atoms with Crippen LogP contribution in [0.4, 0.5) is 15.8 Å². The molecule has 1 heterocycles. The number of hydrogen-bond donors (Lipinski definition) is 1. The molecule has 1 aliphatic heterocycles. The number of aryl methyl sites for hydroxylation is 1. The fourth-order valence-corrected chi connectivity index (χ4v) is 4.24. The van der Waals surface area contributed by atoms with Crippen LogP contribution in [0.1, 0.15) is 24.0 Å². The van der Waals surface area contributed by atoms with Crippen molar-refractivity contribution in [1.82, 2.24) is 0 Å². The Bertz CT molecular complexity index is 831. The molecule has 4 nitrogen and oxygen atoms in total. The quantitative estimate of drug-likeness (QED) is 0.897. The van der Waals surface area contributed by atoms with Crippen molar-refractivity contribution in [2.24, 2.45) is 0 Å². The molecule has 1 N–H and O–H groups in total. The summed E-state index contributed by atoms with van der Waals surface area (Å²) in [4.78, 5) is 2.14. The third-order valence-electron chi connectivity index (χ3n) is 4.29. The van der Waals surface area contributed by atoms with Crippen molar-refractivity contribution in [2.45, 2.75) is 25.5 Å². The summed E-state index contributed by atoms with van der Waals surface area (Å²) in [7, 11) is -3.68. The van der Waals surface area contributed by atoms with E-state index in [1.807, 2.05) is 19.1 Å². The van der Waals surface area contributed by atoms with Gasteiger partial charge < -0.3 is 4.90 Å². The zero-order valence-electron chi connectivity index (χ0n) is 13.6. The minimum absolute atomic E-state index is 0.00739. The Balaban J connectivity index is 1.81. The Morgan fingerprint density at radius 3 is 2.54 bits per heavy atom. The molecule has 1 fully saturated rings. The molecule has 24 heavy (non-hydrogen) atoms. The van der Waals surface area contributed by atoms with Crippen molar-refractivity contribution in [1.29, 1.82) is 0 Å². The van der Waals surface area contributed by atoms with E-state index in [1.165, 1.54) is 6.07 Å². The molecule has 0 aromatic heterocycles. The highest BCUT2D eigenvalue weighted by molar-refractivity contribution is 7.91. The number of benzene rings is 2. The Kier molecular flexibility index (Phi) is 4.76. The van der Waals surface area contributed by atoms with Crippen molar-refractivity contribution >= 4 is 21.4 Å². The number of nitrogens with zero attached hydrogens (tertiary/aromatic N) is 1. The van der Waals surface area contributed by atoms with E-state index in [1.54, 1.807) is 24.3 Å². The van der Waals surface area contributed by atoms with Crippen LogP contribution in [-0.2, 0) is 15.8 Å². The molecule has 6 heteroatoms. The van der Waals surface area contributed by atoms with Gasteiger partial charge in [-0.05, 0) is 49.1 Å². The second-order valence-electron chi connectivity index (χ2n) is 6.15. The molecule has 0 saturated carbocycles. The van der Waals surface area contributed by atoms with Crippen LogP contribution in [0.15, 0.2) is 42.5 Å². The maximum atomic E-state index is 14.1. The average molecular weight is 348 g/mol. The number of anilines is 2. The van der Waals surface area contributed by atoms with Gasteiger partial charge in [0, 0.05) is 18.8 Å². The summed E-state index contributed by atoms with van der Waals surface area (Å²) in [6, 6.07) is 11.9. The maximum absolute atomic E-state index is 14.1. The number of nitrogens with one attached hydrogen (secondary N) is 1. The number of sulfonamides is 1. The highest BCUT2D eigenvalue weighted by atomic mass is 32.2. The van der Waals surface area contributed by atoms with Gasteiger partial charge in [-0.15, -0.1) is 0 Å². The van der Waals surface area contributed by atoms with E-state index in [4.69, 9.17) is 0 Å².